The predicted molar refractivity (Wildman–Crippen MR) is 144 cm³/mol. The van der Waals surface area contributed by atoms with Crippen LogP contribution in [0.5, 0.6) is 0 Å². The Kier molecular flexibility index (Phi) is 9.83. The zero-order valence-corrected chi connectivity index (χ0v) is 25.5. The second kappa shape index (κ2) is 11.9. The highest BCUT2D eigenvalue weighted by Crippen LogP contribution is 2.39. The molecule has 0 atom stereocenters. The zero-order valence-electron chi connectivity index (χ0n) is 25.5. The normalized spacial score (nSPS) is 30.2. The number of aliphatic hydroxyl groups is 1. The number of aliphatic hydroxyl groups excluding tert-OH is 1. The number of esters is 2. The first-order valence-corrected chi connectivity index (χ1v) is 14.1. The van der Waals surface area contributed by atoms with Crippen LogP contribution in [-0.4, -0.2) is 98.4 Å². The number of carbonyl (C=O) groups excluding carboxylic acids is 2. The van der Waals surface area contributed by atoms with Gasteiger partial charge < -0.3 is 33.5 Å². The molecule has 226 valence electrons. The van der Waals surface area contributed by atoms with E-state index in [4.69, 9.17) is 28.4 Å². The molecule has 10 nitrogen and oxygen atoms in total. The van der Waals surface area contributed by atoms with Gasteiger partial charge in [0.05, 0.1) is 51.3 Å². The number of rotatable bonds is 9. The van der Waals surface area contributed by atoms with Gasteiger partial charge in [-0.25, -0.2) is 0 Å². The van der Waals surface area contributed by atoms with E-state index < -0.39 is 34.8 Å². The molecule has 3 heterocycles. The standard InChI is InChI=1S/C29H51NO9/c1-25(2,14-31)23-35-16-29(17-36-23)18-37-24(38-19-29)26(3,4)15-34-21(32)10-11-22(33)39-20-12-27(5,6)30(9)28(7,8)13-20/h20,23-24,31H,10-19H2,1-9H3. The number of likely N-dealkylation sites (tertiary alicyclic amines) is 1. The molecule has 0 aromatic carbocycles. The summed E-state index contributed by atoms with van der Waals surface area (Å²) in [5.41, 5.74) is -1.68. The maximum atomic E-state index is 12.5. The molecule has 0 saturated carbocycles. The van der Waals surface area contributed by atoms with Crippen molar-refractivity contribution >= 4 is 11.9 Å². The van der Waals surface area contributed by atoms with Crippen LogP contribution >= 0.6 is 0 Å². The lowest BCUT2D eigenvalue weighted by molar-refractivity contribution is -0.337. The van der Waals surface area contributed by atoms with Gasteiger partial charge in [0.15, 0.2) is 12.6 Å². The minimum absolute atomic E-state index is 0.0144. The maximum Gasteiger partial charge on any atom is 0.306 e. The summed E-state index contributed by atoms with van der Waals surface area (Å²) in [6.45, 7) is 17.9. The van der Waals surface area contributed by atoms with Crippen LogP contribution in [0.25, 0.3) is 0 Å². The Balaban J connectivity index is 1.38. The third-order valence-electron chi connectivity index (χ3n) is 8.55. The van der Waals surface area contributed by atoms with E-state index in [0.29, 0.717) is 26.4 Å². The van der Waals surface area contributed by atoms with Crippen molar-refractivity contribution in [2.75, 3.05) is 46.7 Å². The van der Waals surface area contributed by atoms with Crippen molar-refractivity contribution in [1.82, 2.24) is 4.90 Å². The highest BCUT2D eigenvalue weighted by Gasteiger charge is 2.48. The molecule has 3 rings (SSSR count). The molecule has 0 aromatic heterocycles. The van der Waals surface area contributed by atoms with Crippen LogP contribution in [0.1, 0.15) is 81.1 Å². The fraction of sp³-hybridized carbons (Fsp3) is 0.931. The number of hydrogen-bond donors (Lipinski definition) is 1. The fourth-order valence-corrected chi connectivity index (χ4v) is 5.55. The summed E-state index contributed by atoms with van der Waals surface area (Å²) in [5.74, 6) is -0.832. The van der Waals surface area contributed by atoms with Crippen LogP contribution in [0.15, 0.2) is 0 Å². The number of piperidine rings is 1. The van der Waals surface area contributed by atoms with Gasteiger partial charge in [0.25, 0.3) is 0 Å². The Morgan fingerprint density at radius 1 is 0.821 bits per heavy atom. The van der Waals surface area contributed by atoms with E-state index in [1.54, 1.807) is 0 Å². The quantitative estimate of drug-likeness (QED) is 0.424. The zero-order chi connectivity index (χ0) is 29.3. The number of nitrogens with zero attached hydrogens (tertiary/aromatic N) is 1. The van der Waals surface area contributed by atoms with E-state index in [2.05, 4.69) is 39.6 Å². The van der Waals surface area contributed by atoms with Gasteiger partial charge in [0.2, 0.25) is 0 Å². The van der Waals surface area contributed by atoms with Gasteiger partial charge in [0, 0.05) is 34.7 Å². The summed E-state index contributed by atoms with van der Waals surface area (Å²) in [5, 5.41) is 9.56. The summed E-state index contributed by atoms with van der Waals surface area (Å²) in [6.07, 6.45) is 0.220. The highest BCUT2D eigenvalue weighted by atomic mass is 16.7. The fourth-order valence-electron chi connectivity index (χ4n) is 5.55. The van der Waals surface area contributed by atoms with Gasteiger partial charge in [-0.15, -0.1) is 0 Å². The van der Waals surface area contributed by atoms with Crippen molar-refractivity contribution < 1.29 is 43.1 Å². The van der Waals surface area contributed by atoms with Crippen LogP contribution in [0.4, 0.5) is 0 Å². The minimum atomic E-state index is -0.596. The summed E-state index contributed by atoms with van der Waals surface area (Å²) in [6, 6.07) is 0. The molecule has 1 N–H and O–H groups in total. The van der Waals surface area contributed by atoms with E-state index in [9.17, 15) is 14.7 Å². The molecule has 1 spiro atoms. The first-order chi connectivity index (χ1) is 17.9. The van der Waals surface area contributed by atoms with Crippen molar-refractivity contribution in [3.63, 3.8) is 0 Å². The van der Waals surface area contributed by atoms with Crippen LogP contribution in [0, 0.1) is 16.2 Å². The second-order valence-corrected chi connectivity index (χ2v) is 14.4. The lowest BCUT2D eigenvalue weighted by atomic mass is 9.79. The van der Waals surface area contributed by atoms with Gasteiger partial charge in [0.1, 0.15) is 12.7 Å². The van der Waals surface area contributed by atoms with Crippen molar-refractivity contribution in [2.45, 2.75) is 111 Å². The molecule has 39 heavy (non-hydrogen) atoms. The third kappa shape index (κ3) is 7.92. The van der Waals surface area contributed by atoms with Crippen molar-refractivity contribution in [1.29, 1.82) is 0 Å². The Labute approximate surface area is 233 Å². The molecule has 3 fully saturated rings. The lowest BCUT2D eigenvalue weighted by Gasteiger charge is -2.53. The topological polar surface area (TPSA) is 113 Å². The number of hydrogen-bond acceptors (Lipinski definition) is 10. The number of carbonyl (C=O) groups is 2. The van der Waals surface area contributed by atoms with Gasteiger partial charge in [-0.05, 0) is 34.7 Å². The first-order valence-electron chi connectivity index (χ1n) is 14.1. The smallest absolute Gasteiger partial charge is 0.306 e. The molecule has 0 aliphatic carbocycles. The minimum Gasteiger partial charge on any atom is -0.465 e. The van der Waals surface area contributed by atoms with E-state index in [1.807, 2.05) is 27.7 Å². The van der Waals surface area contributed by atoms with Crippen molar-refractivity contribution in [2.24, 2.45) is 16.2 Å². The molecule has 0 unspecified atom stereocenters. The number of ether oxygens (including phenoxy) is 6. The van der Waals surface area contributed by atoms with Crippen LogP contribution in [0.2, 0.25) is 0 Å². The Morgan fingerprint density at radius 3 is 1.72 bits per heavy atom. The summed E-state index contributed by atoms with van der Waals surface area (Å²) >= 11 is 0. The molecular weight excluding hydrogens is 506 g/mol. The second-order valence-electron chi connectivity index (χ2n) is 14.4. The average Bonchev–Trinajstić information content (AvgIpc) is 2.85. The third-order valence-corrected chi connectivity index (χ3v) is 8.55. The first kappa shape index (κ1) is 32.2. The SMILES string of the molecule is CN1C(C)(C)CC(OC(=O)CCC(=O)OCC(C)(C)C2OCC3(COC(C(C)(C)CO)OC3)CO2)CC1(C)C. The summed E-state index contributed by atoms with van der Waals surface area (Å²) < 4.78 is 35.1. The van der Waals surface area contributed by atoms with Crippen LogP contribution < -0.4 is 0 Å². The highest BCUT2D eigenvalue weighted by molar-refractivity contribution is 5.77. The molecule has 3 aliphatic rings. The molecule has 10 heteroatoms. The van der Waals surface area contributed by atoms with Gasteiger partial charge in [-0.1, -0.05) is 27.7 Å². The Bertz CT molecular complexity index is 833. The molecular formula is C29H51NO9. The lowest BCUT2D eigenvalue weighted by Crippen LogP contribution is -2.60. The van der Waals surface area contributed by atoms with Gasteiger partial charge in [-0.2, -0.15) is 0 Å². The molecule has 0 bridgehead atoms. The maximum absolute atomic E-state index is 12.5. The molecule has 0 radical (unpaired) electrons. The average molecular weight is 558 g/mol. The largest absolute Gasteiger partial charge is 0.465 e. The molecule has 3 aliphatic heterocycles. The van der Waals surface area contributed by atoms with E-state index in [-0.39, 0.29) is 49.2 Å². The Morgan fingerprint density at radius 2 is 1.26 bits per heavy atom. The van der Waals surface area contributed by atoms with E-state index in [0.717, 1.165) is 12.8 Å². The monoisotopic (exact) mass is 557 g/mol. The Hall–Kier alpha value is -1.30. The summed E-state index contributed by atoms with van der Waals surface area (Å²) in [7, 11) is 2.10. The summed E-state index contributed by atoms with van der Waals surface area (Å²) in [4.78, 5) is 27.2. The molecule has 0 amide bonds. The van der Waals surface area contributed by atoms with E-state index in [1.165, 1.54) is 0 Å². The molecule has 0 aromatic rings. The molecule has 3 saturated heterocycles. The van der Waals surface area contributed by atoms with Gasteiger partial charge >= 0.3 is 11.9 Å². The van der Waals surface area contributed by atoms with Crippen LogP contribution in [0.3, 0.4) is 0 Å². The van der Waals surface area contributed by atoms with Gasteiger partial charge in [-0.3, -0.25) is 14.5 Å². The predicted octanol–water partition coefficient (Wildman–Crippen LogP) is 3.28. The van der Waals surface area contributed by atoms with E-state index >= 15 is 0 Å². The van der Waals surface area contributed by atoms with Crippen molar-refractivity contribution in [3.8, 4) is 0 Å². The van der Waals surface area contributed by atoms with Crippen molar-refractivity contribution in [3.05, 3.63) is 0 Å². The van der Waals surface area contributed by atoms with Crippen LogP contribution in [-0.2, 0) is 38.0 Å².